The first-order valence-electron chi connectivity index (χ1n) is 7.09. The highest BCUT2D eigenvalue weighted by Gasteiger charge is 2.32. The Morgan fingerprint density at radius 2 is 2.05 bits per heavy atom. The van der Waals surface area contributed by atoms with Crippen LogP contribution in [0.2, 0.25) is 0 Å². The molecule has 2 rings (SSSR count). The number of ether oxygens (including phenoxy) is 4. The van der Waals surface area contributed by atoms with Gasteiger partial charge in [0.15, 0.2) is 5.79 Å². The van der Waals surface area contributed by atoms with Gasteiger partial charge in [0.1, 0.15) is 18.5 Å². The molecule has 1 aliphatic heterocycles. The second-order valence-electron chi connectivity index (χ2n) is 5.48. The molecule has 1 aliphatic rings. The van der Waals surface area contributed by atoms with Crippen LogP contribution in [-0.4, -0.2) is 38.2 Å². The highest BCUT2D eigenvalue weighted by molar-refractivity contribution is 5.69. The highest BCUT2D eigenvalue weighted by atomic mass is 16.7. The summed E-state index contributed by atoms with van der Waals surface area (Å²) >= 11 is 0. The van der Waals surface area contributed by atoms with Crippen molar-refractivity contribution in [2.75, 3.05) is 20.3 Å². The Kier molecular flexibility index (Phi) is 5.20. The fraction of sp³-hybridized carbons (Fsp3) is 0.562. The van der Waals surface area contributed by atoms with Crippen LogP contribution in [0.25, 0.3) is 0 Å². The molecule has 116 valence electrons. The highest BCUT2D eigenvalue weighted by Crippen LogP contribution is 2.23. The molecular formula is C16H22O5. The predicted molar refractivity (Wildman–Crippen MR) is 77.2 cm³/mol. The number of aryl methyl sites for hydroxylation is 1. The standard InChI is InChI=1S/C16H22O5/c1-16(2)20-11-14(21-16)10-19-13-7-4-12(5-8-13)6-9-15(17)18-3/h4-5,7-8,14H,6,9-11H2,1-3H3. The summed E-state index contributed by atoms with van der Waals surface area (Å²) in [7, 11) is 1.40. The van der Waals surface area contributed by atoms with Gasteiger partial charge in [-0.2, -0.15) is 0 Å². The minimum atomic E-state index is -0.522. The number of methoxy groups -OCH3 is 1. The third-order valence-corrected chi connectivity index (χ3v) is 3.27. The normalized spacial score (nSPS) is 20.2. The molecule has 0 bridgehead atoms. The summed E-state index contributed by atoms with van der Waals surface area (Å²) in [6, 6.07) is 7.70. The van der Waals surface area contributed by atoms with E-state index in [0.29, 0.717) is 26.1 Å². The van der Waals surface area contributed by atoms with Crippen LogP contribution >= 0.6 is 0 Å². The second kappa shape index (κ2) is 6.91. The summed E-state index contributed by atoms with van der Waals surface area (Å²) in [5.41, 5.74) is 1.08. The summed E-state index contributed by atoms with van der Waals surface area (Å²) in [5.74, 6) is 0.0626. The molecule has 0 spiro atoms. The minimum Gasteiger partial charge on any atom is -0.491 e. The van der Waals surface area contributed by atoms with Gasteiger partial charge in [0, 0.05) is 6.42 Å². The van der Waals surface area contributed by atoms with Crippen LogP contribution in [-0.2, 0) is 25.4 Å². The Bertz CT molecular complexity index is 466. The summed E-state index contributed by atoms with van der Waals surface area (Å²) in [6.07, 6.45) is 1.01. The van der Waals surface area contributed by atoms with Gasteiger partial charge in [-0.1, -0.05) is 12.1 Å². The summed E-state index contributed by atoms with van der Waals surface area (Å²) < 4.78 is 21.5. The van der Waals surface area contributed by atoms with Gasteiger partial charge >= 0.3 is 5.97 Å². The lowest BCUT2D eigenvalue weighted by atomic mass is 10.1. The molecule has 1 aromatic carbocycles. The molecule has 5 heteroatoms. The van der Waals surface area contributed by atoms with Crippen LogP contribution in [0, 0.1) is 0 Å². The van der Waals surface area contributed by atoms with Crippen LogP contribution in [0.1, 0.15) is 25.8 Å². The largest absolute Gasteiger partial charge is 0.491 e. The van der Waals surface area contributed by atoms with E-state index < -0.39 is 5.79 Å². The van der Waals surface area contributed by atoms with E-state index in [0.717, 1.165) is 11.3 Å². The van der Waals surface area contributed by atoms with Gasteiger partial charge in [0.25, 0.3) is 0 Å². The van der Waals surface area contributed by atoms with E-state index in [9.17, 15) is 4.79 Å². The third-order valence-electron chi connectivity index (χ3n) is 3.27. The first-order valence-corrected chi connectivity index (χ1v) is 7.09. The van der Waals surface area contributed by atoms with Gasteiger partial charge in [-0.15, -0.1) is 0 Å². The molecule has 21 heavy (non-hydrogen) atoms. The third kappa shape index (κ3) is 5.02. The van der Waals surface area contributed by atoms with Crippen molar-refractivity contribution < 1.29 is 23.7 Å². The van der Waals surface area contributed by atoms with Gasteiger partial charge in [-0.25, -0.2) is 0 Å². The quantitative estimate of drug-likeness (QED) is 0.754. The number of esters is 1. The number of carbonyl (C=O) groups excluding carboxylic acids is 1. The van der Waals surface area contributed by atoms with Gasteiger partial charge in [-0.3, -0.25) is 4.79 Å². The van der Waals surface area contributed by atoms with E-state index in [-0.39, 0.29) is 12.1 Å². The zero-order valence-electron chi connectivity index (χ0n) is 12.8. The Hall–Kier alpha value is -1.59. The van der Waals surface area contributed by atoms with Crippen LogP contribution in [0.15, 0.2) is 24.3 Å². The summed E-state index contributed by atoms with van der Waals surface area (Å²) in [4.78, 5) is 11.1. The summed E-state index contributed by atoms with van der Waals surface area (Å²) in [5, 5.41) is 0. The molecule has 0 saturated carbocycles. The fourth-order valence-corrected chi connectivity index (χ4v) is 2.14. The van der Waals surface area contributed by atoms with Gasteiger partial charge < -0.3 is 18.9 Å². The van der Waals surface area contributed by atoms with Crippen molar-refractivity contribution in [1.29, 1.82) is 0 Å². The maximum Gasteiger partial charge on any atom is 0.305 e. The monoisotopic (exact) mass is 294 g/mol. The van der Waals surface area contributed by atoms with Crippen molar-refractivity contribution in [2.24, 2.45) is 0 Å². The molecule has 0 aromatic heterocycles. The molecule has 1 unspecified atom stereocenters. The number of benzene rings is 1. The number of hydrogen-bond donors (Lipinski definition) is 0. The van der Waals surface area contributed by atoms with Crippen molar-refractivity contribution in [3.05, 3.63) is 29.8 Å². The molecule has 5 nitrogen and oxygen atoms in total. The molecule has 1 aromatic rings. The topological polar surface area (TPSA) is 54.0 Å². The SMILES string of the molecule is COC(=O)CCc1ccc(OCC2COC(C)(C)O2)cc1. The second-order valence-corrected chi connectivity index (χ2v) is 5.48. The van der Waals surface area contributed by atoms with E-state index in [1.807, 2.05) is 38.1 Å². The van der Waals surface area contributed by atoms with E-state index in [2.05, 4.69) is 4.74 Å². The molecular weight excluding hydrogens is 272 g/mol. The smallest absolute Gasteiger partial charge is 0.305 e. The van der Waals surface area contributed by atoms with Crippen molar-refractivity contribution in [3.63, 3.8) is 0 Å². The van der Waals surface area contributed by atoms with Crippen molar-refractivity contribution in [3.8, 4) is 5.75 Å². The lowest BCUT2D eigenvalue weighted by molar-refractivity contribution is -0.141. The minimum absolute atomic E-state index is 0.0426. The molecule has 0 radical (unpaired) electrons. The van der Waals surface area contributed by atoms with Crippen molar-refractivity contribution >= 4 is 5.97 Å². The number of carbonyl (C=O) groups is 1. The van der Waals surface area contributed by atoms with E-state index in [4.69, 9.17) is 14.2 Å². The molecule has 0 aliphatic carbocycles. The molecule has 1 atom stereocenters. The first-order chi connectivity index (χ1) is 9.98. The predicted octanol–water partition coefficient (Wildman–Crippen LogP) is 2.32. The van der Waals surface area contributed by atoms with Crippen LogP contribution in [0.5, 0.6) is 5.75 Å². The van der Waals surface area contributed by atoms with E-state index in [1.165, 1.54) is 7.11 Å². The molecule has 0 N–H and O–H groups in total. The van der Waals surface area contributed by atoms with Crippen LogP contribution < -0.4 is 4.74 Å². The number of hydrogen-bond acceptors (Lipinski definition) is 5. The van der Waals surface area contributed by atoms with Crippen LogP contribution in [0.3, 0.4) is 0 Å². The Balaban J connectivity index is 1.76. The fourth-order valence-electron chi connectivity index (χ4n) is 2.14. The van der Waals surface area contributed by atoms with Gasteiger partial charge in [-0.05, 0) is 38.0 Å². The lowest BCUT2D eigenvalue weighted by Crippen LogP contribution is -2.25. The average Bonchev–Trinajstić information content (AvgIpc) is 2.83. The molecule has 0 amide bonds. The van der Waals surface area contributed by atoms with Gasteiger partial charge in [0.05, 0.1) is 13.7 Å². The molecule has 1 fully saturated rings. The lowest BCUT2D eigenvalue weighted by Gasteiger charge is -2.17. The zero-order valence-corrected chi connectivity index (χ0v) is 12.8. The van der Waals surface area contributed by atoms with E-state index in [1.54, 1.807) is 0 Å². The Morgan fingerprint density at radius 3 is 2.62 bits per heavy atom. The maximum absolute atomic E-state index is 11.1. The van der Waals surface area contributed by atoms with Crippen molar-refractivity contribution in [2.45, 2.75) is 38.6 Å². The molecule has 1 saturated heterocycles. The first kappa shape index (κ1) is 15.8. The van der Waals surface area contributed by atoms with Gasteiger partial charge in [0.2, 0.25) is 0 Å². The van der Waals surface area contributed by atoms with Crippen molar-refractivity contribution in [1.82, 2.24) is 0 Å². The Morgan fingerprint density at radius 1 is 1.33 bits per heavy atom. The summed E-state index contributed by atoms with van der Waals surface area (Å²) in [6.45, 7) is 4.79. The Labute approximate surface area is 125 Å². The maximum atomic E-state index is 11.1. The average molecular weight is 294 g/mol. The van der Waals surface area contributed by atoms with E-state index >= 15 is 0 Å². The zero-order chi connectivity index (χ0) is 15.3. The van der Waals surface area contributed by atoms with Crippen LogP contribution in [0.4, 0.5) is 0 Å². The molecule has 1 heterocycles. The number of rotatable bonds is 6.